The second-order valence-corrected chi connectivity index (χ2v) is 6.54. The summed E-state index contributed by atoms with van der Waals surface area (Å²) < 4.78 is 1.78. The third-order valence-corrected chi connectivity index (χ3v) is 4.49. The molecule has 3 nitrogen and oxygen atoms in total. The van der Waals surface area contributed by atoms with Crippen molar-refractivity contribution in [1.82, 2.24) is 4.98 Å². The topological polar surface area (TPSA) is 42.0 Å². The molecule has 3 rings (SSSR count). The Balaban J connectivity index is 1.99. The van der Waals surface area contributed by atoms with Gasteiger partial charge in [-0.2, -0.15) is 0 Å². The number of nitrogens with one attached hydrogen (secondary N) is 1. The molecule has 0 aliphatic carbocycles. The number of pyridine rings is 1. The molecule has 0 bridgehead atoms. The first-order valence-corrected chi connectivity index (χ1v) is 8.12. The number of nitrogens with zero attached hydrogens (tertiary/aromatic N) is 1. The van der Waals surface area contributed by atoms with Crippen LogP contribution >= 0.6 is 38.5 Å². The second-order valence-electron chi connectivity index (χ2n) is 4.46. The summed E-state index contributed by atoms with van der Waals surface area (Å²) >= 11 is 5.55. The van der Waals surface area contributed by atoms with Gasteiger partial charge in [0, 0.05) is 19.6 Å². The molecule has 1 heterocycles. The zero-order valence-corrected chi connectivity index (χ0v) is 14.6. The molecule has 3 aromatic rings. The molecule has 2 aromatic carbocycles. The largest absolute Gasteiger partial charge is 0.320 e. The van der Waals surface area contributed by atoms with Crippen LogP contribution < -0.4 is 5.32 Å². The van der Waals surface area contributed by atoms with Gasteiger partial charge < -0.3 is 5.32 Å². The molecular formula is C16H10BrIN2O. The van der Waals surface area contributed by atoms with Gasteiger partial charge in [0.1, 0.15) is 0 Å². The van der Waals surface area contributed by atoms with Gasteiger partial charge in [-0.15, -0.1) is 0 Å². The average molecular weight is 453 g/mol. The van der Waals surface area contributed by atoms with Gasteiger partial charge in [-0.25, -0.2) is 0 Å². The number of amides is 1. The fourth-order valence-electron chi connectivity index (χ4n) is 2.07. The number of hydrogen-bond donors (Lipinski definition) is 1. The summed E-state index contributed by atoms with van der Waals surface area (Å²) in [6.45, 7) is 0. The van der Waals surface area contributed by atoms with Gasteiger partial charge in [0.2, 0.25) is 0 Å². The molecule has 104 valence electrons. The summed E-state index contributed by atoms with van der Waals surface area (Å²) in [5.74, 6) is -0.140. The van der Waals surface area contributed by atoms with Crippen LogP contribution in [0.3, 0.4) is 0 Å². The SMILES string of the molecule is O=C(Nc1cccc2cccnc12)c1cc(Br)ccc1I. The van der Waals surface area contributed by atoms with Gasteiger partial charge in [-0.05, 0) is 52.9 Å². The van der Waals surface area contributed by atoms with Crippen molar-refractivity contribution in [3.63, 3.8) is 0 Å². The van der Waals surface area contributed by atoms with E-state index in [1.54, 1.807) is 6.20 Å². The number of hydrogen-bond acceptors (Lipinski definition) is 2. The van der Waals surface area contributed by atoms with E-state index in [0.29, 0.717) is 11.3 Å². The Labute approximate surface area is 144 Å². The first-order valence-electron chi connectivity index (χ1n) is 6.25. The molecule has 0 saturated carbocycles. The lowest BCUT2D eigenvalue weighted by Crippen LogP contribution is -2.14. The molecule has 0 aliphatic rings. The van der Waals surface area contributed by atoms with E-state index in [1.165, 1.54) is 0 Å². The molecule has 1 N–H and O–H groups in total. The lowest BCUT2D eigenvalue weighted by molar-refractivity contribution is 0.102. The third kappa shape index (κ3) is 3.08. The molecule has 0 spiro atoms. The van der Waals surface area contributed by atoms with Crippen molar-refractivity contribution in [3.8, 4) is 0 Å². The minimum atomic E-state index is -0.140. The van der Waals surface area contributed by atoms with Crippen molar-refractivity contribution >= 4 is 61.0 Å². The highest BCUT2D eigenvalue weighted by Crippen LogP contribution is 2.23. The van der Waals surface area contributed by atoms with Crippen LogP contribution in [-0.2, 0) is 0 Å². The van der Waals surface area contributed by atoms with Gasteiger partial charge >= 0.3 is 0 Å². The molecule has 0 atom stereocenters. The van der Waals surface area contributed by atoms with Gasteiger partial charge in [0.05, 0.1) is 16.8 Å². The molecule has 0 radical (unpaired) electrons. The third-order valence-electron chi connectivity index (χ3n) is 3.05. The van der Waals surface area contributed by atoms with E-state index < -0.39 is 0 Å². The van der Waals surface area contributed by atoms with Crippen molar-refractivity contribution in [3.05, 3.63) is 68.3 Å². The average Bonchev–Trinajstić information content (AvgIpc) is 2.50. The highest BCUT2D eigenvalue weighted by Gasteiger charge is 2.12. The Kier molecular flexibility index (Phi) is 4.21. The summed E-state index contributed by atoms with van der Waals surface area (Å²) in [6, 6.07) is 15.2. The van der Waals surface area contributed by atoms with Crippen molar-refractivity contribution < 1.29 is 4.79 Å². The van der Waals surface area contributed by atoms with Crippen molar-refractivity contribution in [2.24, 2.45) is 0 Å². The van der Waals surface area contributed by atoms with E-state index in [4.69, 9.17) is 0 Å². The zero-order valence-electron chi connectivity index (χ0n) is 10.8. The fourth-order valence-corrected chi connectivity index (χ4v) is 3.01. The number of rotatable bonds is 2. The normalized spacial score (nSPS) is 10.6. The minimum absolute atomic E-state index is 0.140. The van der Waals surface area contributed by atoms with Crippen molar-refractivity contribution in [1.29, 1.82) is 0 Å². The van der Waals surface area contributed by atoms with Crippen molar-refractivity contribution in [2.75, 3.05) is 5.32 Å². The molecule has 0 fully saturated rings. The monoisotopic (exact) mass is 452 g/mol. The lowest BCUT2D eigenvalue weighted by atomic mass is 10.1. The number of aromatic nitrogens is 1. The molecular weight excluding hydrogens is 443 g/mol. The van der Waals surface area contributed by atoms with Crippen molar-refractivity contribution in [2.45, 2.75) is 0 Å². The van der Waals surface area contributed by atoms with E-state index in [1.807, 2.05) is 48.5 Å². The molecule has 21 heavy (non-hydrogen) atoms. The number of halogens is 2. The number of fused-ring (bicyclic) bond motifs is 1. The Hall–Kier alpha value is -1.47. The molecule has 1 aromatic heterocycles. The van der Waals surface area contributed by atoms with E-state index in [2.05, 4.69) is 48.8 Å². The quantitative estimate of drug-likeness (QED) is 0.564. The van der Waals surface area contributed by atoms with Gasteiger partial charge in [0.15, 0.2) is 0 Å². The predicted molar refractivity (Wildman–Crippen MR) is 96.6 cm³/mol. The summed E-state index contributed by atoms with van der Waals surface area (Å²) in [7, 11) is 0. The maximum Gasteiger partial charge on any atom is 0.256 e. The van der Waals surface area contributed by atoms with Crippen LogP contribution in [0.2, 0.25) is 0 Å². The van der Waals surface area contributed by atoms with Crippen LogP contribution in [0.25, 0.3) is 10.9 Å². The van der Waals surface area contributed by atoms with Gasteiger partial charge in [-0.3, -0.25) is 9.78 Å². The number of anilines is 1. The standard InChI is InChI=1S/C16H10BrIN2O/c17-11-6-7-13(18)12(9-11)16(21)20-14-5-1-3-10-4-2-8-19-15(10)14/h1-9H,(H,20,21). The van der Waals surface area contributed by atoms with Crippen LogP contribution in [-0.4, -0.2) is 10.9 Å². The van der Waals surface area contributed by atoms with E-state index >= 15 is 0 Å². The predicted octanol–water partition coefficient (Wildman–Crippen LogP) is 4.85. The summed E-state index contributed by atoms with van der Waals surface area (Å²) in [4.78, 5) is 16.8. The summed E-state index contributed by atoms with van der Waals surface area (Å²) in [5, 5.41) is 3.94. The lowest BCUT2D eigenvalue weighted by Gasteiger charge is -2.09. The number of carbonyl (C=O) groups is 1. The number of para-hydroxylation sites is 1. The second kappa shape index (κ2) is 6.11. The van der Waals surface area contributed by atoms with E-state index in [9.17, 15) is 4.79 Å². The highest BCUT2D eigenvalue weighted by atomic mass is 127. The maximum absolute atomic E-state index is 12.5. The fraction of sp³-hybridized carbons (Fsp3) is 0. The highest BCUT2D eigenvalue weighted by molar-refractivity contribution is 14.1. The van der Waals surface area contributed by atoms with Gasteiger partial charge in [-0.1, -0.05) is 34.1 Å². The smallest absolute Gasteiger partial charge is 0.256 e. The maximum atomic E-state index is 12.5. The number of benzene rings is 2. The first kappa shape index (κ1) is 14.5. The summed E-state index contributed by atoms with van der Waals surface area (Å²) in [5.41, 5.74) is 2.14. The van der Waals surface area contributed by atoms with Crippen LogP contribution in [0, 0.1) is 3.57 Å². The molecule has 0 aliphatic heterocycles. The van der Waals surface area contributed by atoms with E-state index in [-0.39, 0.29) is 5.91 Å². The van der Waals surface area contributed by atoms with Crippen LogP contribution in [0.4, 0.5) is 5.69 Å². The van der Waals surface area contributed by atoms with Crippen LogP contribution in [0.5, 0.6) is 0 Å². The number of carbonyl (C=O) groups excluding carboxylic acids is 1. The Morgan fingerprint density at radius 1 is 1.14 bits per heavy atom. The first-order chi connectivity index (χ1) is 10.1. The molecule has 5 heteroatoms. The molecule has 0 unspecified atom stereocenters. The molecule has 1 amide bonds. The van der Waals surface area contributed by atoms with Gasteiger partial charge in [0.25, 0.3) is 5.91 Å². The minimum Gasteiger partial charge on any atom is -0.320 e. The Morgan fingerprint density at radius 2 is 1.95 bits per heavy atom. The molecule has 0 saturated heterocycles. The van der Waals surface area contributed by atoms with Crippen LogP contribution in [0.1, 0.15) is 10.4 Å². The zero-order chi connectivity index (χ0) is 14.8. The Morgan fingerprint density at radius 3 is 2.81 bits per heavy atom. The summed E-state index contributed by atoms with van der Waals surface area (Å²) in [6.07, 6.45) is 1.72. The van der Waals surface area contributed by atoms with Crippen LogP contribution in [0.15, 0.2) is 59.2 Å². The van der Waals surface area contributed by atoms with E-state index in [0.717, 1.165) is 18.9 Å². The Bertz CT molecular complexity index is 830.